The SMILES string of the molecule is COc1ccc(-c2cnc(N)nc2C)cc1. The highest BCUT2D eigenvalue weighted by Gasteiger charge is 2.04. The minimum atomic E-state index is 0.301. The maximum absolute atomic E-state index is 5.51. The molecule has 0 saturated heterocycles. The van der Waals surface area contributed by atoms with Crippen LogP contribution in [0.5, 0.6) is 5.75 Å². The van der Waals surface area contributed by atoms with E-state index in [0.29, 0.717) is 5.95 Å². The molecule has 0 fully saturated rings. The minimum absolute atomic E-state index is 0.301. The number of aryl methyl sites for hydroxylation is 1. The molecule has 0 saturated carbocycles. The number of nitrogens with two attached hydrogens (primary N) is 1. The molecule has 0 unspecified atom stereocenters. The number of hydrogen-bond donors (Lipinski definition) is 1. The van der Waals surface area contributed by atoms with E-state index in [0.717, 1.165) is 22.6 Å². The van der Waals surface area contributed by atoms with E-state index in [1.54, 1.807) is 13.3 Å². The Bertz CT molecular complexity index is 494. The van der Waals surface area contributed by atoms with Crippen molar-refractivity contribution in [2.45, 2.75) is 6.92 Å². The summed E-state index contributed by atoms with van der Waals surface area (Å²) in [6, 6.07) is 7.76. The number of aromatic nitrogens is 2. The average molecular weight is 215 g/mol. The predicted molar refractivity (Wildman–Crippen MR) is 63.2 cm³/mol. The maximum Gasteiger partial charge on any atom is 0.220 e. The molecule has 0 bridgehead atoms. The van der Waals surface area contributed by atoms with E-state index in [9.17, 15) is 0 Å². The van der Waals surface area contributed by atoms with Gasteiger partial charge in [0, 0.05) is 11.8 Å². The third kappa shape index (κ3) is 1.95. The van der Waals surface area contributed by atoms with Crippen molar-refractivity contribution in [1.29, 1.82) is 0 Å². The fourth-order valence-electron chi connectivity index (χ4n) is 1.54. The van der Waals surface area contributed by atoms with Crippen molar-refractivity contribution >= 4 is 5.95 Å². The first-order valence-electron chi connectivity index (χ1n) is 4.94. The molecular formula is C12H13N3O. The Morgan fingerprint density at radius 2 is 1.88 bits per heavy atom. The van der Waals surface area contributed by atoms with Crippen molar-refractivity contribution < 1.29 is 4.74 Å². The molecule has 4 nitrogen and oxygen atoms in total. The highest BCUT2D eigenvalue weighted by atomic mass is 16.5. The zero-order chi connectivity index (χ0) is 11.5. The summed E-state index contributed by atoms with van der Waals surface area (Å²) in [5.41, 5.74) is 8.42. The van der Waals surface area contributed by atoms with E-state index in [1.165, 1.54) is 0 Å². The summed E-state index contributed by atoms with van der Waals surface area (Å²) in [5.74, 6) is 1.13. The summed E-state index contributed by atoms with van der Waals surface area (Å²) in [7, 11) is 1.65. The summed E-state index contributed by atoms with van der Waals surface area (Å²) in [6.45, 7) is 1.91. The zero-order valence-corrected chi connectivity index (χ0v) is 9.27. The molecule has 0 aliphatic carbocycles. The lowest BCUT2D eigenvalue weighted by atomic mass is 10.1. The van der Waals surface area contributed by atoms with Gasteiger partial charge in [-0.05, 0) is 24.6 Å². The van der Waals surface area contributed by atoms with Crippen LogP contribution in [0.2, 0.25) is 0 Å². The Morgan fingerprint density at radius 1 is 1.19 bits per heavy atom. The normalized spacial score (nSPS) is 10.1. The molecule has 0 spiro atoms. The van der Waals surface area contributed by atoms with Gasteiger partial charge in [0.25, 0.3) is 0 Å². The maximum atomic E-state index is 5.51. The fraction of sp³-hybridized carbons (Fsp3) is 0.167. The number of ether oxygens (including phenoxy) is 1. The van der Waals surface area contributed by atoms with Gasteiger partial charge in [-0.15, -0.1) is 0 Å². The van der Waals surface area contributed by atoms with Crippen molar-refractivity contribution in [1.82, 2.24) is 9.97 Å². The van der Waals surface area contributed by atoms with Gasteiger partial charge >= 0.3 is 0 Å². The number of benzene rings is 1. The van der Waals surface area contributed by atoms with Crippen molar-refractivity contribution in [2.75, 3.05) is 12.8 Å². The van der Waals surface area contributed by atoms with Crippen LogP contribution in [-0.4, -0.2) is 17.1 Å². The highest BCUT2D eigenvalue weighted by Crippen LogP contribution is 2.23. The van der Waals surface area contributed by atoms with Gasteiger partial charge in [-0.1, -0.05) is 12.1 Å². The van der Waals surface area contributed by atoms with Crippen LogP contribution in [-0.2, 0) is 0 Å². The topological polar surface area (TPSA) is 61.0 Å². The molecule has 0 amide bonds. The number of hydrogen-bond acceptors (Lipinski definition) is 4. The summed E-state index contributed by atoms with van der Waals surface area (Å²) in [4.78, 5) is 8.12. The molecule has 0 atom stereocenters. The molecule has 82 valence electrons. The van der Waals surface area contributed by atoms with Gasteiger partial charge < -0.3 is 10.5 Å². The van der Waals surface area contributed by atoms with Gasteiger partial charge in [-0.25, -0.2) is 9.97 Å². The highest BCUT2D eigenvalue weighted by molar-refractivity contribution is 5.65. The standard InChI is InChI=1S/C12H13N3O/c1-8-11(7-14-12(13)15-8)9-3-5-10(16-2)6-4-9/h3-7H,1-2H3,(H2,13,14,15). The van der Waals surface area contributed by atoms with Crippen LogP contribution in [0.1, 0.15) is 5.69 Å². The predicted octanol–water partition coefficient (Wildman–Crippen LogP) is 2.04. The van der Waals surface area contributed by atoms with Crippen molar-refractivity contribution in [3.8, 4) is 16.9 Å². The third-order valence-electron chi connectivity index (χ3n) is 2.40. The van der Waals surface area contributed by atoms with Crippen LogP contribution in [0.25, 0.3) is 11.1 Å². The molecule has 4 heteroatoms. The largest absolute Gasteiger partial charge is 0.497 e. The molecule has 16 heavy (non-hydrogen) atoms. The number of anilines is 1. The van der Waals surface area contributed by atoms with Gasteiger partial charge in [0.1, 0.15) is 5.75 Å². The summed E-state index contributed by atoms with van der Waals surface area (Å²) >= 11 is 0. The van der Waals surface area contributed by atoms with Gasteiger partial charge in [-0.2, -0.15) is 0 Å². The molecule has 0 aliphatic heterocycles. The first kappa shape index (κ1) is 10.4. The Morgan fingerprint density at radius 3 is 2.44 bits per heavy atom. The molecule has 2 rings (SSSR count). The van der Waals surface area contributed by atoms with Crippen LogP contribution in [0.3, 0.4) is 0 Å². The van der Waals surface area contributed by atoms with Crippen LogP contribution < -0.4 is 10.5 Å². The summed E-state index contributed by atoms with van der Waals surface area (Å²) < 4.78 is 5.10. The Hall–Kier alpha value is -2.10. The second-order valence-corrected chi connectivity index (χ2v) is 3.46. The minimum Gasteiger partial charge on any atom is -0.497 e. The van der Waals surface area contributed by atoms with E-state index in [4.69, 9.17) is 10.5 Å². The fourth-order valence-corrected chi connectivity index (χ4v) is 1.54. The average Bonchev–Trinajstić information content (AvgIpc) is 2.29. The van der Waals surface area contributed by atoms with E-state index in [1.807, 2.05) is 31.2 Å². The van der Waals surface area contributed by atoms with Gasteiger partial charge in [0.15, 0.2) is 0 Å². The van der Waals surface area contributed by atoms with Gasteiger partial charge in [0.05, 0.1) is 12.8 Å². The molecule has 2 N–H and O–H groups in total. The van der Waals surface area contributed by atoms with Crippen molar-refractivity contribution in [2.24, 2.45) is 0 Å². The van der Waals surface area contributed by atoms with Crippen LogP contribution in [0.4, 0.5) is 5.95 Å². The molecule has 2 aromatic rings. The van der Waals surface area contributed by atoms with Crippen molar-refractivity contribution in [3.05, 3.63) is 36.2 Å². The third-order valence-corrected chi connectivity index (χ3v) is 2.40. The molecule has 1 heterocycles. The second-order valence-electron chi connectivity index (χ2n) is 3.46. The first-order valence-corrected chi connectivity index (χ1v) is 4.94. The van der Waals surface area contributed by atoms with Crippen LogP contribution in [0.15, 0.2) is 30.5 Å². The van der Waals surface area contributed by atoms with Crippen molar-refractivity contribution in [3.63, 3.8) is 0 Å². The van der Waals surface area contributed by atoms with Gasteiger partial charge in [0.2, 0.25) is 5.95 Å². The van der Waals surface area contributed by atoms with E-state index < -0.39 is 0 Å². The first-order chi connectivity index (χ1) is 7.70. The number of rotatable bonds is 2. The quantitative estimate of drug-likeness (QED) is 0.832. The lowest BCUT2D eigenvalue weighted by Crippen LogP contribution is -1.97. The monoisotopic (exact) mass is 215 g/mol. The molecule has 0 aliphatic rings. The number of nitrogen functional groups attached to an aromatic ring is 1. The molecular weight excluding hydrogens is 202 g/mol. The molecule has 0 radical (unpaired) electrons. The second kappa shape index (κ2) is 4.18. The summed E-state index contributed by atoms with van der Waals surface area (Å²) in [5, 5.41) is 0. The Kier molecular flexibility index (Phi) is 2.72. The number of nitrogens with zero attached hydrogens (tertiary/aromatic N) is 2. The van der Waals surface area contributed by atoms with Crippen LogP contribution >= 0.6 is 0 Å². The molecule has 1 aromatic heterocycles. The van der Waals surface area contributed by atoms with E-state index >= 15 is 0 Å². The Balaban J connectivity index is 2.42. The lowest BCUT2D eigenvalue weighted by Gasteiger charge is -2.06. The zero-order valence-electron chi connectivity index (χ0n) is 9.27. The van der Waals surface area contributed by atoms with E-state index in [-0.39, 0.29) is 0 Å². The van der Waals surface area contributed by atoms with E-state index in [2.05, 4.69) is 9.97 Å². The lowest BCUT2D eigenvalue weighted by molar-refractivity contribution is 0.415. The molecule has 1 aromatic carbocycles. The summed E-state index contributed by atoms with van der Waals surface area (Å²) in [6.07, 6.45) is 1.74. The number of methoxy groups -OCH3 is 1. The van der Waals surface area contributed by atoms with Gasteiger partial charge in [-0.3, -0.25) is 0 Å². The van der Waals surface area contributed by atoms with Crippen LogP contribution in [0, 0.1) is 6.92 Å². The Labute approximate surface area is 94.1 Å². The smallest absolute Gasteiger partial charge is 0.220 e.